The first-order chi connectivity index (χ1) is 11.8. The van der Waals surface area contributed by atoms with Crippen LogP contribution >= 0.6 is 0 Å². The van der Waals surface area contributed by atoms with Crippen molar-refractivity contribution in [1.82, 2.24) is 15.6 Å². The van der Waals surface area contributed by atoms with Crippen LogP contribution in [0.2, 0.25) is 0 Å². The summed E-state index contributed by atoms with van der Waals surface area (Å²) in [5.74, 6) is 1.01. The predicted octanol–water partition coefficient (Wildman–Crippen LogP) is 2.46. The molecule has 2 heterocycles. The van der Waals surface area contributed by atoms with Crippen molar-refractivity contribution in [3.05, 3.63) is 23.9 Å². The van der Waals surface area contributed by atoms with E-state index < -0.39 is 0 Å². The molecule has 1 atom stereocenters. The number of hydrogen-bond donors (Lipinski definition) is 3. The summed E-state index contributed by atoms with van der Waals surface area (Å²) in [5, 5.41) is 15.3. The number of nitrogens with one attached hydrogen (secondary N) is 2. The lowest BCUT2D eigenvalue weighted by atomic mass is 9.85. The lowest BCUT2D eigenvalue weighted by molar-refractivity contribution is 0.186. The fraction of sp³-hybridized carbons (Fsp3) is 0.684. The summed E-state index contributed by atoms with van der Waals surface area (Å²) in [6, 6.07) is 6.06. The van der Waals surface area contributed by atoms with E-state index in [-0.39, 0.29) is 30.1 Å². The largest absolute Gasteiger partial charge is 0.396 e. The highest BCUT2D eigenvalue weighted by atomic mass is 16.3. The molecule has 1 aromatic rings. The molecular weight excluding hydrogens is 316 g/mol. The number of urea groups is 1. The Hall–Kier alpha value is -1.82. The van der Waals surface area contributed by atoms with Crippen LogP contribution in [0.4, 0.5) is 10.6 Å². The van der Waals surface area contributed by atoms with E-state index in [0.29, 0.717) is 6.42 Å². The number of hydrogen-bond acceptors (Lipinski definition) is 4. The van der Waals surface area contributed by atoms with Crippen molar-refractivity contribution < 1.29 is 9.90 Å². The second-order valence-corrected chi connectivity index (χ2v) is 7.95. The number of aliphatic hydroxyl groups excluding tert-OH is 1. The van der Waals surface area contributed by atoms with Gasteiger partial charge in [0.05, 0.1) is 0 Å². The maximum absolute atomic E-state index is 12.3. The summed E-state index contributed by atoms with van der Waals surface area (Å²) in [7, 11) is 0. The smallest absolute Gasteiger partial charge is 0.315 e. The molecule has 2 rings (SSSR count). The number of rotatable bonds is 5. The molecule has 0 bridgehead atoms. The molecule has 0 radical (unpaired) electrons. The Bertz CT molecular complexity index is 563. The van der Waals surface area contributed by atoms with E-state index in [1.165, 1.54) is 0 Å². The van der Waals surface area contributed by atoms with Crippen LogP contribution in [0.25, 0.3) is 0 Å². The molecule has 0 aromatic carbocycles. The van der Waals surface area contributed by atoms with Crippen molar-refractivity contribution in [2.75, 3.05) is 24.6 Å². The average Bonchev–Trinajstić information content (AvgIpc) is 2.54. The summed E-state index contributed by atoms with van der Waals surface area (Å²) in [5.41, 5.74) is 0.939. The van der Waals surface area contributed by atoms with Crippen molar-refractivity contribution in [3.8, 4) is 0 Å². The number of amides is 2. The van der Waals surface area contributed by atoms with E-state index in [1.807, 2.05) is 25.1 Å². The van der Waals surface area contributed by atoms with Crippen molar-refractivity contribution in [1.29, 1.82) is 0 Å². The summed E-state index contributed by atoms with van der Waals surface area (Å²) in [4.78, 5) is 19.2. The highest BCUT2D eigenvalue weighted by Gasteiger charge is 2.27. The van der Waals surface area contributed by atoms with Crippen LogP contribution in [0.5, 0.6) is 0 Å². The van der Waals surface area contributed by atoms with Crippen LogP contribution in [-0.2, 0) is 0 Å². The van der Waals surface area contributed by atoms with Gasteiger partial charge in [-0.2, -0.15) is 0 Å². The second-order valence-electron chi connectivity index (χ2n) is 7.95. The highest BCUT2D eigenvalue weighted by Crippen LogP contribution is 2.22. The van der Waals surface area contributed by atoms with Gasteiger partial charge in [-0.25, -0.2) is 9.78 Å². The molecule has 1 saturated heterocycles. The molecule has 3 N–H and O–H groups in total. The SMILES string of the molecule is Cc1cccc(N2CCC(NC(=O)N[C@@H](CCO)C(C)(C)C)CC2)n1. The summed E-state index contributed by atoms with van der Waals surface area (Å²) in [6.45, 7) is 10.1. The molecule has 140 valence electrons. The highest BCUT2D eigenvalue weighted by molar-refractivity contribution is 5.74. The van der Waals surface area contributed by atoms with Gasteiger partial charge in [0.1, 0.15) is 5.82 Å². The first-order valence-electron chi connectivity index (χ1n) is 9.16. The number of carbonyl (C=O) groups excluding carboxylic acids is 1. The third kappa shape index (κ3) is 5.88. The van der Waals surface area contributed by atoms with Gasteiger partial charge in [-0.3, -0.25) is 0 Å². The minimum absolute atomic E-state index is 0.0471. The number of carbonyl (C=O) groups is 1. The van der Waals surface area contributed by atoms with E-state index in [9.17, 15) is 9.90 Å². The van der Waals surface area contributed by atoms with Crippen molar-refractivity contribution in [2.24, 2.45) is 5.41 Å². The van der Waals surface area contributed by atoms with E-state index >= 15 is 0 Å². The number of pyridine rings is 1. The topological polar surface area (TPSA) is 77.5 Å². The summed E-state index contributed by atoms with van der Waals surface area (Å²) >= 11 is 0. The molecule has 1 aliphatic rings. The Morgan fingerprint density at radius 1 is 1.36 bits per heavy atom. The van der Waals surface area contributed by atoms with Crippen molar-refractivity contribution in [3.63, 3.8) is 0 Å². The van der Waals surface area contributed by atoms with Crippen LogP contribution in [0.15, 0.2) is 18.2 Å². The molecule has 6 nitrogen and oxygen atoms in total. The van der Waals surface area contributed by atoms with Gasteiger partial charge in [0.25, 0.3) is 0 Å². The Morgan fingerprint density at radius 3 is 2.60 bits per heavy atom. The van der Waals surface area contributed by atoms with Crippen molar-refractivity contribution in [2.45, 2.75) is 59.0 Å². The van der Waals surface area contributed by atoms with Crippen LogP contribution in [0.3, 0.4) is 0 Å². The third-order valence-corrected chi connectivity index (χ3v) is 4.80. The molecule has 2 amide bonds. The third-order valence-electron chi connectivity index (χ3n) is 4.80. The zero-order valence-electron chi connectivity index (χ0n) is 15.9. The van der Waals surface area contributed by atoms with Gasteiger partial charge in [0, 0.05) is 37.5 Å². The number of aryl methyl sites for hydroxylation is 1. The van der Waals surface area contributed by atoms with Crippen molar-refractivity contribution >= 4 is 11.8 Å². The first-order valence-corrected chi connectivity index (χ1v) is 9.16. The van der Waals surface area contributed by atoms with Gasteiger partial charge in [0.2, 0.25) is 0 Å². The monoisotopic (exact) mass is 348 g/mol. The Labute approximate surface area is 151 Å². The summed E-state index contributed by atoms with van der Waals surface area (Å²) in [6.07, 6.45) is 2.38. The maximum atomic E-state index is 12.3. The zero-order valence-corrected chi connectivity index (χ0v) is 15.9. The molecule has 6 heteroatoms. The van der Waals surface area contributed by atoms with E-state index in [4.69, 9.17) is 0 Å². The normalized spacial score (nSPS) is 17.2. The zero-order chi connectivity index (χ0) is 18.4. The number of nitrogens with zero attached hydrogens (tertiary/aromatic N) is 2. The molecule has 0 spiro atoms. The molecule has 0 saturated carbocycles. The molecule has 1 aliphatic heterocycles. The standard InChI is InChI=1S/C19H32N4O2/c1-14-6-5-7-17(20-14)23-11-8-15(9-12-23)21-18(25)22-16(10-13-24)19(2,3)4/h5-7,15-16,24H,8-13H2,1-4H3,(H2,21,22,25)/t16-/m0/s1. The minimum atomic E-state index is -0.138. The van der Waals surface area contributed by atoms with Gasteiger partial charge in [-0.05, 0) is 43.7 Å². The van der Waals surface area contributed by atoms with E-state index in [1.54, 1.807) is 0 Å². The number of aromatic nitrogens is 1. The molecule has 0 unspecified atom stereocenters. The van der Waals surface area contributed by atoms with Gasteiger partial charge in [-0.15, -0.1) is 0 Å². The fourth-order valence-electron chi connectivity index (χ4n) is 3.19. The number of piperidine rings is 1. The predicted molar refractivity (Wildman–Crippen MR) is 101 cm³/mol. The maximum Gasteiger partial charge on any atom is 0.315 e. The van der Waals surface area contributed by atoms with Crippen LogP contribution in [0.1, 0.15) is 45.7 Å². The quantitative estimate of drug-likeness (QED) is 0.764. The van der Waals surface area contributed by atoms with Crippen LogP contribution in [-0.4, -0.2) is 47.9 Å². The Balaban J connectivity index is 1.82. The average molecular weight is 348 g/mol. The Morgan fingerprint density at radius 2 is 2.04 bits per heavy atom. The van der Waals surface area contributed by atoms with Gasteiger partial charge >= 0.3 is 6.03 Å². The fourth-order valence-corrected chi connectivity index (χ4v) is 3.19. The number of anilines is 1. The number of aliphatic hydroxyl groups is 1. The lowest BCUT2D eigenvalue weighted by Gasteiger charge is -2.35. The van der Waals surface area contributed by atoms with Crippen LogP contribution < -0.4 is 15.5 Å². The second kappa shape index (κ2) is 8.52. The molecule has 0 aliphatic carbocycles. The molecule has 1 fully saturated rings. The molecular formula is C19H32N4O2. The van der Waals surface area contributed by atoms with Gasteiger partial charge in [-0.1, -0.05) is 26.8 Å². The Kier molecular flexibility index (Phi) is 6.64. The molecule has 25 heavy (non-hydrogen) atoms. The van der Waals surface area contributed by atoms with E-state index in [2.05, 4.69) is 41.3 Å². The van der Waals surface area contributed by atoms with Gasteiger partial charge < -0.3 is 20.6 Å². The van der Waals surface area contributed by atoms with Crippen LogP contribution in [0, 0.1) is 12.3 Å². The summed E-state index contributed by atoms with van der Waals surface area (Å²) < 4.78 is 0. The first kappa shape index (κ1) is 19.5. The van der Waals surface area contributed by atoms with E-state index in [0.717, 1.165) is 37.4 Å². The van der Waals surface area contributed by atoms with Gasteiger partial charge in [0.15, 0.2) is 0 Å². The molecule has 1 aromatic heterocycles. The lowest BCUT2D eigenvalue weighted by Crippen LogP contribution is -2.53. The minimum Gasteiger partial charge on any atom is -0.396 e.